The Hall–Kier alpha value is -2.29. The van der Waals surface area contributed by atoms with Gasteiger partial charge in [0.2, 0.25) is 0 Å². The van der Waals surface area contributed by atoms with Gasteiger partial charge in [0.25, 0.3) is 11.5 Å². The quantitative estimate of drug-likeness (QED) is 0.764. The number of aliphatic hydroxyl groups is 1. The number of aromatic nitrogens is 2. The van der Waals surface area contributed by atoms with E-state index in [-0.39, 0.29) is 36.6 Å². The molecule has 2 aliphatic rings. The number of morpholine rings is 1. The fourth-order valence-corrected chi connectivity index (χ4v) is 4.25. The van der Waals surface area contributed by atoms with Crippen molar-refractivity contribution in [2.75, 3.05) is 19.8 Å². The number of carbonyl (C=O) groups excluding carboxylic acids is 1. The molecule has 8 heteroatoms. The Morgan fingerprint density at radius 3 is 2.68 bits per heavy atom. The van der Waals surface area contributed by atoms with Crippen LogP contribution in [0.4, 0.5) is 0 Å². The summed E-state index contributed by atoms with van der Waals surface area (Å²) < 4.78 is 6.84. The number of carbonyl (C=O) groups is 1. The summed E-state index contributed by atoms with van der Waals surface area (Å²) in [5.41, 5.74) is 6.47. The second-order valence-corrected chi connectivity index (χ2v) is 7.57. The second-order valence-electron chi connectivity index (χ2n) is 7.57. The first-order chi connectivity index (χ1) is 13.5. The zero-order chi connectivity index (χ0) is 19.8. The predicted octanol–water partition coefficient (Wildman–Crippen LogP) is 0.282. The highest BCUT2D eigenvalue weighted by atomic mass is 16.5. The van der Waals surface area contributed by atoms with Crippen molar-refractivity contribution in [3.8, 4) is 0 Å². The first-order valence-corrected chi connectivity index (χ1v) is 9.85. The smallest absolute Gasteiger partial charge is 0.274 e. The molecule has 2 unspecified atom stereocenters. The van der Waals surface area contributed by atoms with Crippen molar-refractivity contribution in [3.63, 3.8) is 0 Å². The van der Waals surface area contributed by atoms with Gasteiger partial charge in [-0.25, -0.2) is 4.68 Å². The fourth-order valence-electron chi connectivity index (χ4n) is 4.25. The number of hydrogen-bond acceptors (Lipinski definition) is 6. The molecule has 2 fully saturated rings. The van der Waals surface area contributed by atoms with Gasteiger partial charge in [0.15, 0.2) is 0 Å². The fraction of sp³-hybridized carbons (Fsp3) is 0.550. The molecule has 28 heavy (non-hydrogen) atoms. The lowest BCUT2D eigenvalue weighted by atomic mass is 10.0. The molecule has 2 aliphatic heterocycles. The Kier molecular flexibility index (Phi) is 5.18. The third kappa shape index (κ3) is 3.21. The number of aryl methyl sites for hydroxylation is 1. The number of fused-ring (bicyclic) bond motifs is 3. The van der Waals surface area contributed by atoms with E-state index >= 15 is 0 Å². The van der Waals surface area contributed by atoms with E-state index in [1.54, 1.807) is 18.2 Å². The number of nitrogens with zero attached hydrogens (tertiary/aromatic N) is 3. The molecule has 0 radical (unpaired) electrons. The minimum Gasteiger partial charge on any atom is -0.390 e. The highest BCUT2D eigenvalue weighted by molar-refractivity contribution is 5.99. The third-order valence-electron chi connectivity index (χ3n) is 5.75. The second kappa shape index (κ2) is 7.62. The van der Waals surface area contributed by atoms with Crippen LogP contribution in [0.3, 0.4) is 0 Å². The van der Waals surface area contributed by atoms with Crippen molar-refractivity contribution in [2.24, 2.45) is 5.73 Å². The van der Waals surface area contributed by atoms with Crippen molar-refractivity contribution < 1.29 is 14.6 Å². The van der Waals surface area contributed by atoms with E-state index in [1.165, 1.54) is 4.68 Å². The molecule has 3 heterocycles. The Balaban J connectivity index is 1.74. The molecule has 1 amide bonds. The first-order valence-electron chi connectivity index (χ1n) is 9.85. The van der Waals surface area contributed by atoms with Crippen LogP contribution in [-0.2, 0) is 17.7 Å². The molecule has 2 saturated heterocycles. The Morgan fingerprint density at radius 1 is 1.32 bits per heavy atom. The van der Waals surface area contributed by atoms with Gasteiger partial charge in [0.05, 0.1) is 49.0 Å². The van der Waals surface area contributed by atoms with Crippen LogP contribution in [0.15, 0.2) is 23.0 Å². The van der Waals surface area contributed by atoms with Gasteiger partial charge < -0.3 is 20.5 Å². The Labute approximate surface area is 162 Å². The van der Waals surface area contributed by atoms with E-state index < -0.39 is 6.10 Å². The standard InChI is InChI=1S/C20H26N4O4/c1-2-18-17-7-12(19(26)24-13-4-5-14(24)11-28-10-13)3-6-16(17)20(27)23(22-18)9-15(25)8-21/h3,6-7,13-15,25H,2,4-5,8-11,21H2,1H3/t13?,14?,15-/m0/s1. The van der Waals surface area contributed by atoms with E-state index in [9.17, 15) is 14.7 Å². The number of hydrogen-bond donors (Lipinski definition) is 2. The summed E-state index contributed by atoms with van der Waals surface area (Å²) in [6, 6.07) is 5.46. The van der Waals surface area contributed by atoms with Crippen LogP contribution in [-0.4, -0.2) is 63.6 Å². The van der Waals surface area contributed by atoms with E-state index in [4.69, 9.17) is 10.5 Å². The highest BCUT2D eigenvalue weighted by Gasteiger charge is 2.40. The monoisotopic (exact) mass is 386 g/mol. The summed E-state index contributed by atoms with van der Waals surface area (Å²) in [6.07, 6.45) is 1.72. The molecule has 1 aromatic carbocycles. The van der Waals surface area contributed by atoms with E-state index in [1.807, 2.05) is 11.8 Å². The molecule has 150 valence electrons. The average Bonchev–Trinajstić information content (AvgIpc) is 2.97. The number of rotatable bonds is 5. The Morgan fingerprint density at radius 2 is 2.04 bits per heavy atom. The van der Waals surface area contributed by atoms with Gasteiger partial charge >= 0.3 is 0 Å². The van der Waals surface area contributed by atoms with E-state index in [0.29, 0.717) is 36.0 Å². The van der Waals surface area contributed by atoms with Gasteiger partial charge in [-0.3, -0.25) is 9.59 Å². The van der Waals surface area contributed by atoms with Crippen LogP contribution >= 0.6 is 0 Å². The van der Waals surface area contributed by atoms with Crippen LogP contribution in [0.25, 0.3) is 10.8 Å². The van der Waals surface area contributed by atoms with Gasteiger partial charge in [0, 0.05) is 17.5 Å². The minimum atomic E-state index is -0.829. The van der Waals surface area contributed by atoms with Crippen molar-refractivity contribution in [3.05, 3.63) is 39.8 Å². The number of amides is 1. The van der Waals surface area contributed by atoms with Crippen LogP contribution < -0.4 is 11.3 Å². The maximum atomic E-state index is 13.2. The molecule has 2 bridgehead atoms. The summed E-state index contributed by atoms with van der Waals surface area (Å²) in [5, 5.41) is 15.4. The number of nitrogens with two attached hydrogens (primary N) is 1. The molecule has 1 aromatic heterocycles. The molecule has 8 nitrogen and oxygen atoms in total. The SMILES string of the molecule is CCc1nn(C[C@@H](O)CN)c(=O)c2ccc(C(=O)N3C4CCC3COC4)cc12. The lowest BCUT2D eigenvalue weighted by molar-refractivity contribution is -0.00714. The molecular formula is C20H26N4O4. The molecule has 2 aromatic rings. The van der Waals surface area contributed by atoms with Crippen LogP contribution in [0.1, 0.15) is 35.8 Å². The summed E-state index contributed by atoms with van der Waals surface area (Å²) in [4.78, 5) is 27.9. The molecule has 0 aliphatic carbocycles. The van der Waals surface area contributed by atoms with Crippen molar-refractivity contribution in [2.45, 2.75) is 50.9 Å². The summed E-state index contributed by atoms with van der Waals surface area (Å²) in [7, 11) is 0. The van der Waals surface area contributed by atoms with Crippen molar-refractivity contribution in [1.82, 2.24) is 14.7 Å². The van der Waals surface area contributed by atoms with E-state index in [0.717, 1.165) is 18.5 Å². The molecular weight excluding hydrogens is 360 g/mol. The molecule has 4 rings (SSSR count). The maximum absolute atomic E-state index is 13.2. The first kappa shape index (κ1) is 19.0. The molecule has 3 atom stereocenters. The van der Waals surface area contributed by atoms with Gasteiger partial charge in [0.1, 0.15) is 0 Å². The Bertz CT molecular complexity index is 941. The average molecular weight is 386 g/mol. The summed E-state index contributed by atoms with van der Waals surface area (Å²) >= 11 is 0. The number of ether oxygens (including phenoxy) is 1. The largest absolute Gasteiger partial charge is 0.390 e. The van der Waals surface area contributed by atoms with Crippen molar-refractivity contribution in [1.29, 1.82) is 0 Å². The highest BCUT2D eigenvalue weighted by Crippen LogP contribution is 2.31. The van der Waals surface area contributed by atoms with Gasteiger partial charge in [-0.2, -0.15) is 5.10 Å². The number of aliphatic hydroxyl groups excluding tert-OH is 1. The number of benzene rings is 1. The zero-order valence-electron chi connectivity index (χ0n) is 16.0. The lowest BCUT2D eigenvalue weighted by Crippen LogP contribution is -2.49. The molecule has 0 saturated carbocycles. The van der Waals surface area contributed by atoms with Gasteiger partial charge in [-0.15, -0.1) is 0 Å². The molecule has 3 N–H and O–H groups in total. The third-order valence-corrected chi connectivity index (χ3v) is 5.75. The summed E-state index contributed by atoms with van der Waals surface area (Å²) in [5.74, 6) is -0.0116. The minimum absolute atomic E-state index is 0.0116. The van der Waals surface area contributed by atoms with Gasteiger partial charge in [-0.1, -0.05) is 6.92 Å². The van der Waals surface area contributed by atoms with Gasteiger partial charge in [-0.05, 0) is 37.5 Å². The van der Waals surface area contributed by atoms with E-state index in [2.05, 4.69) is 5.10 Å². The topological polar surface area (TPSA) is 111 Å². The lowest BCUT2D eigenvalue weighted by Gasteiger charge is -2.34. The maximum Gasteiger partial charge on any atom is 0.274 e. The molecule has 0 spiro atoms. The van der Waals surface area contributed by atoms with Crippen LogP contribution in [0.2, 0.25) is 0 Å². The van der Waals surface area contributed by atoms with Crippen LogP contribution in [0.5, 0.6) is 0 Å². The van der Waals surface area contributed by atoms with Crippen molar-refractivity contribution >= 4 is 16.7 Å². The zero-order valence-corrected chi connectivity index (χ0v) is 16.0. The normalized spacial score (nSPS) is 22.6. The van der Waals surface area contributed by atoms with Crippen LogP contribution in [0, 0.1) is 0 Å². The summed E-state index contributed by atoms with van der Waals surface area (Å²) in [6.45, 7) is 3.24. The predicted molar refractivity (Wildman–Crippen MR) is 104 cm³/mol.